The Morgan fingerprint density at radius 3 is 3.00 bits per heavy atom. The zero-order valence-corrected chi connectivity index (χ0v) is 8.32. The molecule has 80 valence electrons. The van der Waals surface area contributed by atoms with Gasteiger partial charge < -0.3 is 14.6 Å². The van der Waals surface area contributed by atoms with Crippen LogP contribution in [0.25, 0.3) is 0 Å². The number of aliphatic hydroxyl groups is 1. The molecule has 2 rings (SSSR count). The number of rotatable bonds is 3. The van der Waals surface area contributed by atoms with E-state index in [1.807, 2.05) is 0 Å². The number of hydrogen-bond acceptors (Lipinski definition) is 4. The predicted molar refractivity (Wildman–Crippen MR) is 51.0 cm³/mol. The number of β-amino-alcohol motifs (C(OH)–C–C–N with tert-alkyl or cyclic N) is 1. The fourth-order valence-electron chi connectivity index (χ4n) is 2.28. The lowest BCUT2D eigenvalue weighted by atomic mass is 9.89. The molecule has 2 aliphatic heterocycles. The number of ether oxygens (including phenoxy) is 1. The number of carbonyl (C=O) groups excluding carboxylic acids is 1. The van der Waals surface area contributed by atoms with Gasteiger partial charge in [0.05, 0.1) is 18.1 Å². The second-order valence-corrected chi connectivity index (χ2v) is 4.46. The van der Waals surface area contributed by atoms with Crippen molar-refractivity contribution < 1.29 is 14.6 Å². The van der Waals surface area contributed by atoms with E-state index in [0.717, 1.165) is 32.2 Å². The molecule has 0 amide bonds. The highest BCUT2D eigenvalue weighted by atomic mass is 16.5. The minimum atomic E-state index is -0.302. The van der Waals surface area contributed by atoms with Crippen LogP contribution < -0.4 is 0 Å². The number of likely N-dealkylation sites (tertiary alicyclic amines) is 1. The van der Waals surface area contributed by atoms with Crippen molar-refractivity contribution in [1.29, 1.82) is 0 Å². The third kappa shape index (κ3) is 1.97. The minimum Gasteiger partial charge on any atom is -0.392 e. The van der Waals surface area contributed by atoms with Crippen LogP contribution in [0.1, 0.15) is 12.8 Å². The van der Waals surface area contributed by atoms with Crippen molar-refractivity contribution >= 4 is 6.29 Å². The summed E-state index contributed by atoms with van der Waals surface area (Å²) >= 11 is 0. The van der Waals surface area contributed by atoms with E-state index in [4.69, 9.17) is 4.74 Å². The molecular formula is C10H17NO3. The molecule has 2 heterocycles. The lowest BCUT2D eigenvalue weighted by Crippen LogP contribution is -2.38. The van der Waals surface area contributed by atoms with E-state index < -0.39 is 0 Å². The smallest absolute Gasteiger partial charge is 0.129 e. The molecule has 0 radical (unpaired) electrons. The Kier molecular flexibility index (Phi) is 2.85. The molecule has 0 aliphatic carbocycles. The van der Waals surface area contributed by atoms with Crippen molar-refractivity contribution in [2.75, 3.05) is 32.8 Å². The molecule has 2 fully saturated rings. The molecule has 2 aliphatic rings. The topological polar surface area (TPSA) is 49.8 Å². The van der Waals surface area contributed by atoms with Gasteiger partial charge in [-0.15, -0.1) is 0 Å². The van der Waals surface area contributed by atoms with E-state index in [9.17, 15) is 9.90 Å². The van der Waals surface area contributed by atoms with Crippen molar-refractivity contribution in [3.05, 3.63) is 0 Å². The largest absolute Gasteiger partial charge is 0.392 e. The molecule has 4 heteroatoms. The first kappa shape index (κ1) is 10.1. The molecule has 4 nitrogen and oxygen atoms in total. The van der Waals surface area contributed by atoms with E-state index in [0.29, 0.717) is 19.8 Å². The normalized spacial score (nSPS) is 39.1. The van der Waals surface area contributed by atoms with Crippen molar-refractivity contribution in [1.82, 2.24) is 4.90 Å². The Labute approximate surface area is 83.8 Å². The molecule has 0 spiro atoms. The maximum Gasteiger partial charge on any atom is 0.129 e. The molecule has 14 heavy (non-hydrogen) atoms. The summed E-state index contributed by atoms with van der Waals surface area (Å²) in [7, 11) is 0. The van der Waals surface area contributed by atoms with Gasteiger partial charge in [0.15, 0.2) is 0 Å². The monoisotopic (exact) mass is 199 g/mol. The Balaban J connectivity index is 1.91. The van der Waals surface area contributed by atoms with Gasteiger partial charge in [-0.25, -0.2) is 0 Å². The Hall–Kier alpha value is -0.450. The minimum absolute atomic E-state index is 0.207. The van der Waals surface area contributed by atoms with Crippen LogP contribution >= 0.6 is 0 Å². The third-order valence-electron chi connectivity index (χ3n) is 3.17. The van der Waals surface area contributed by atoms with Crippen LogP contribution in [0.2, 0.25) is 0 Å². The molecular weight excluding hydrogens is 182 g/mol. The first-order valence-electron chi connectivity index (χ1n) is 5.19. The van der Waals surface area contributed by atoms with Crippen molar-refractivity contribution in [2.45, 2.75) is 18.9 Å². The van der Waals surface area contributed by atoms with Gasteiger partial charge in [0.2, 0.25) is 0 Å². The van der Waals surface area contributed by atoms with Crippen LogP contribution in [-0.4, -0.2) is 55.2 Å². The summed E-state index contributed by atoms with van der Waals surface area (Å²) in [5, 5.41) is 9.37. The van der Waals surface area contributed by atoms with Crippen LogP contribution in [0.15, 0.2) is 0 Å². The van der Waals surface area contributed by atoms with Gasteiger partial charge in [-0.3, -0.25) is 4.90 Å². The van der Waals surface area contributed by atoms with Gasteiger partial charge in [0, 0.05) is 26.2 Å². The second-order valence-electron chi connectivity index (χ2n) is 4.46. The Bertz CT molecular complexity index is 213. The highest BCUT2D eigenvalue weighted by Crippen LogP contribution is 2.28. The van der Waals surface area contributed by atoms with Crippen molar-refractivity contribution in [2.24, 2.45) is 5.41 Å². The van der Waals surface area contributed by atoms with E-state index in [-0.39, 0.29) is 11.5 Å². The molecule has 2 atom stereocenters. The first-order chi connectivity index (χ1) is 6.74. The number of aliphatic hydroxyl groups excluding tert-OH is 1. The highest BCUT2D eigenvalue weighted by Gasteiger charge is 2.37. The van der Waals surface area contributed by atoms with E-state index in [1.54, 1.807) is 0 Å². The summed E-state index contributed by atoms with van der Waals surface area (Å²) in [6, 6.07) is 0. The van der Waals surface area contributed by atoms with Gasteiger partial charge in [-0.1, -0.05) is 0 Å². The van der Waals surface area contributed by atoms with Crippen LogP contribution in [0.5, 0.6) is 0 Å². The summed E-state index contributed by atoms with van der Waals surface area (Å²) in [6.45, 7) is 3.58. The molecule has 0 saturated carbocycles. The molecule has 0 aromatic carbocycles. The molecule has 0 bridgehead atoms. The number of hydrogen-bond donors (Lipinski definition) is 1. The second kappa shape index (κ2) is 3.96. The fourth-order valence-corrected chi connectivity index (χ4v) is 2.28. The quantitative estimate of drug-likeness (QED) is 0.632. The zero-order chi connectivity index (χ0) is 10.0. The maximum absolute atomic E-state index is 11.0. The summed E-state index contributed by atoms with van der Waals surface area (Å²) in [5.41, 5.74) is -0.302. The van der Waals surface area contributed by atoms with Crippen LogP contribution in [0.4, 0.5) is 0 Å². The average Bonchev–Trinajstić information content (AvgIpc) is 2.77. The van der Waals surface area contributed by atoms with Gasteiger partial charge in [0.1, 0.15) is 6.29 Å². The van der Waals surface area contributed by atoms with Crippen LogP contribution in [0.3, 0.4) is 0 Å². The van der Waals surface area contributed by atoms with E-state index in [2.05, 4.69) is 4.90 Å². The molecule has 0 aromatic heterocycles. The fraction of sp³-hybridized carbons (Fsp3) is 0.900. The standard InChI is InChI=1S/C10H17NO3/c12-7-10(2-4-14-8-10)6-11-3-1-9(13)5-11/h7,9,13H,1-6,8H2. The van der Waals surface area contributed by atoms with Gasteiger partial charge >= 0.3 is 0 Å². The van der Waals surface area contributed by atoms with Crippen LogP contribution in [-0.2, 0) is 9.53 Å². The zero-order valence-electron chi connectivity index (χ0n) is 8.32. The summed E-state index contributed by atoms with van der Waals surface area (Å²) < 4.78 is 5.27. The summed E-state index contributed by atoms with van der Waals surface area (Å²) in [5.74, 6) is 0. The Morgan fingerprint density at radius 2 is 2.50 bits per heavy atom. The predicted octanol–water partition coefficient (Wildman–Crippen LogP) is -0.341. The SMILES string of the molecule is O=CC1(CN2CCC(O)C2)CCOC1. The number of carbonyl (C=O) groups is 1. The molecule has 1 N–H and O–H groups in total. The molecule has 2 unspecified atom stereocenters. The first-order valence-corrected chi connectivity index (χ1v) is 5.19. The van der Waals surface area contributed by atoms with Crippen LogP contribution in [0, 0.1) is 5.41 Å². The highest BCUT2D eigenvalue weighted by molar-refractivity contribution is 5.60. The third-order valence-corrected chi connectivity index (χ3v) is 3.17. The van der Waals surface area contributed by atoms with Crippen molar-refractivity contribution in [3.8, 4) is 0 Å². The lowest BCUT2D eigenvalue weighted by molar-refractivity contribution is -0.117. The van der Waals surface area contributed by atoms with Gasteiger partial charge in [0.25, 0.3) is 0 Å². The summed E-state index contributed by atoms with van der Waals surface area (Å²) in [4.78, 5) is 13.2. The average molecular weight is 199 g/mol. The van der Waals surface area contributed by atoms with E-state index in [1.165, 1.54) is 0 Å². The lowest BCUT2D eigenvalue weighted by Gasteiger charge is -2.26. The van der Waals surface area contributed by atoms with E-state index >= 15 is 0 Å². The van der Waals surface area contributed by atoms with Gasteiger partial charge in [-0.2, -0.15) is 0 Å². The number of aldehydes is 1. The Morgan fingerprint density at radius 1 is 1.64 bits per heavy atom. The van der Waals surface area contributed by atoms with Gasteiger partial charge in [-0.05, 0) is 12.8 Å². The molecule has 2 saturated heterocycles. The van der Waals surface area contributed by atoms with Crippen molar-refractivity contribution in [3.63, 3.8) is 0 Å². The number of nitrogens with zero attached hydrogens (tertiary/aromatic N) is 1. The summed E-state index contributed by atoms with van der Waals surface area (Å²) in [6.07, 6.45) is 2.48. The maximum atomic E-state index is 11.0. The molecule has 0 aromatic rings.